The summed E-state index contributed by atoms with van der Waals surface area (Å²) >= 11 is 3.49. The molecule has 0 radical (unpaired) electrons. The van der Waals surface area contributed by atoms with Crippen molar-refractivity contribution in [3.05, 3.63) is 21.8 Å². The molecule has 0 unspecified atom stereocenters. The van der Waals surface area contributed by atoms with Crippen LogP contribution in [0.15, 0.2) is 18.2 Å². The largest absolute Gasteiger partial charge is 0.499 e. The Balaban J connectivity index is 2.87. The lowest BCUT2D eigenvalue weighted by Gasteiger charge is -1.91. The first-order valence-electron chi connectivity index (χ1n) is 3.35. The second kappa shape index (κ2) is 2.77. The molecular weight excluding hydrogens is 285 g/mol. The lowest BCUT2D eigenvalue weighted by molar-refractivity contribution is 0.488. The SMILES string of the molecule is Nc1ccc2c(I)c(O)sc2c1. The van der Waals surface area contributed by atoms with Crippen LogP contribution in [0.4, 0.5) is 5.69 Å². The predicted molar refractivity (Wildman–Crippen MR) is 60.6 cm³/mol. The van der Waals surface area contributed by atoms with Crippen LogP contribution in [-0.4, -0.2) is 5.11 Å². The average molecular weight is 291 g/mol. The minimum absolute atomic E-state index is 0.371. The van der Waals surface area contributed by atoms with Crippen molar-refractivity contribution >= 4 is 49.7 Å². The fraction of sp³-hybridized carbons (Fsp3) is 0. The third-order valence-corrected chi connectivity index (χ3v) is 4.05. The second-order valence-electron chi connectivity index (χ2n) is 2.48. The van der Waals surface area contributed by atoms with Gasteiger partial charge in [-0.25, -0.2) is 0 Å². The van der Waals surface area contributed by atoms with Gasteiger partial charge in [-0.1, -0.05) is 17.4 Å². The number of hydrogen-bond donors (Lipinski definition) is 2. The molecule has 1 aromatic carbocycles. The van der Waals surface area contributed by atoms with Crippen LogP contribution >= 0.6 is 33.9 Å². The lowest BCUT2D eigenvalue weighted by Crippen LogP contribution is -1.81. The van der Waals surface area contributed by atoms with Gasteiger partial charge in [0.2, 0.25) is 0 Å². The van der Waals surface area contributed by atoms with Crippen LogP contribution in [0, 0.1) is 3.57 Å². The van der Waals surface area contributed by atoms with E-state index in [0.717, 1.165) is 19.3 Å². The van der Waals surface area contributed by atoms with Gasteiger partial charge in [0.1, 0.15) is 0 Å². The van der Waals surface area contributed by atoms with Crippen LogP contribution in [0.3, 0.4) is 0 Å². The highest BCUT2D eigenvalue weighted by Gasteiger charge is 2.07. The first-order valence-corrected chi connectivity index (χ1v) is 5.24. The molecule has 0 fully saturated rings. The van der Waals surface area contributed by atoms with Crippen LogP contribution in [0.2, 0.25) is 0 Å². The van der Waals surface area contributed by atoms with Gasteiger partial charge in [0.15, 0.2) is 5.06 Å². The fourth-order valence-electron chi connectivity index (χ4n) is 1.07. The summed E-state index contributed by atoms with van der Waals surface area (Å²) in [5, 5.41) is 10.9. The Hall–Kier alpha value is -0.490. The molecule has 1 aromatic heterocycles. The van der Waals surface area contributed by atoms with Crippen molar-refractivity contribution in [3.63, 3.8) is 0 Å². The topological polar surface area (TPSA) is 46.2 Å². The molecule has 0 aliphatic heterocycles. The fourth-order valence-corrected chi connectivity index (χ4v) is 2.94. The molecule has 2 rings (SSSR count). The molecule has 1 heterocycles. The molecule has 4 heteroatoms. The van der Waals surface area contributed by atoms with Gasteiger partial charge in [0.25, 0.3) is 0 Å². The van der Waals surface area contributed by atoms with E-state index in [1.165, 1.54) is 11.3 Å². The number of hydrogen-bond acceptors (Lipinski definition) is 3. The van der Waals surface area contributed by atoms with Gasteiger partial charge in [0.05, 0.1) is 3.57 Å². The summed E-state index contributed by atoms with van der Waals surface area (Å²) in [6.07, 6.45) is 0. The third-order valence-electron chi connectivity index (χ3n) is 1.64. The van der Waals surface area contributed by atoms with E-state index in [-0.39, 0.29) is 0 Å². The molecule has 12 heavy (non-hydrogen) atoms. The third kappa shape index (κ3) is 1.15. The van der Waals surface area contributed by atoms with Gasteiger partial charge < -0.3 is 10.8 Å². The molecule has 2 aromatic rings. The van der Waals surface area contributed by atoms with Crippen LogP contribution in [0.25, 0.3) is 10.1 Å². The predicted octanol–water partition coefficient (Wildman–Crippen LogP) is 2.79. The Morgan fingerprint density at radius 2 is 2.17 bits per heavy atom. The minimum Gasteiger partial charge on any atom is -0.499 e. The van der Waals surface area contributed by atoms with Gasteiger partial charge in [-0.2, -0.15) is 0 Å². The first kappa shape index (κ1) is 8.12. The molecular formula is C8H6INOS. The number of rotatable bonds is 0. The van der Waals surface area contributed by atoms with Gasteiger partial charge >= 0.3 is 0 Å². The van der Waals surface area contributed by atoms with Gasteiger partial charge in [0, 0.05) is 15.8 Å². The molecule has 0 aliphatic carbocycles. The molecule has 0 amide bonds. The zero-order chi connectivity index (χ0) is 8.72. The number of nitrogens with two attached hydrogens (primary N) is 1. The van der Waals surface area contributed by atoms with E-state index in [4.69, 9.17) is 5.73 Å². The van der Waals surface area contributed by atoms with Crippen molar-refractivity contribution in [1.29, 1.82) is 0 Å². The summed E-state index contributed by atoms with van der Waals surface area (Å²) in [5.74, 6) is 0. The van der Waals surface area contributed by atoms with Crippen molar-refractivity contribution in [2.75, 3.05) is 5.73 Å². The Bertz CT molecular complexity index is 438. The van der Waals surface area contributed by atoms with Crippen molar-refractivity contribution < 1.29 is 5.11 Å². The minimum atomic E-state index is 0.371. The molecule has 0 spiro atoms. The number of nitrogen functional groups attached to an aromatic ring is 1. The number of anilines is 1. The van der Waals surface area contributed by atoms with Crippen LogP contribution in [-0.2, 0) is 0 Å². The Labute approximate surface area is 87.1 Å². The summed E-state index contributed by atoms with van der Waals surface area (Å²) in [4.78, 5) is 0. The maximum Gasteiger partial charge on any atom is 0.186 e. The highest BCUT2D eigenvalue weighted by molar-refractivity contribution is 14.1. The maximum atomic E-state index is 9.40. The average Bonchev–Trinajstić information content (AvgIpc) is 2.28. The van der Waals surface area contributed by atoms with E-state index in [1.54, 1.807) is 0 Å². The van der Waals surface area contributed by atoms with Crippen molar-refractivity contribution in [3.8, 4) is 5.06 Å². The second-order valence-corrected chi connectivity index (χ2v) is 4.59. The van der Waals surface area contributed by atoms with Crippen molar-refractivity contribution in [2.24, 2.45) is 0 Å². The Morgan fingerprint density at radius 1 is 1.42 bits per heavy atom. The molecule has 0 aliphatic rings. The zero-order valence-corrected chi connectivity index (χ0v) is 9.02. The monoisotopic (exact) mass is 291 g/mol. The van der Waals surface area contributed by atoms with Crippen LogP contribution < -0.4 is 5.73 Å². The molecule has 2 nitrogen and oxygen atoms in total. The molecule has 0 saturated carbocycles. The Kier molecular flexibility index (Phi) is 1.88. The summed E-state index contributed by atoms with van der Waals surface area (Å²) in [5.41, 5.74) is 6.34. The molecule has 0 bridgehead atoms. The van der Waals surface area contributed by atoms with E-state index < -0.39 is 0 Å². The van der Waals surface area contributed by atoms with Crippen LogP contribution in [0.5, 0.6) is 5.06 Å². The highest BCUT2D eigenvalue weighted by Crippen LogP contribution is 2.38. The summed E-state index contributed by atoms with van der Waals surface area (Å²) in [6.45, 7) is 0. The Morgan fingerprint density at radius 3 is 2.92 bits per heavy atom. The van der Waals surface area contributed by atoms with Crippen molar-refractivity contribution in [1.82, 2.24) is 0 Å². The van der Waals surface area contributed by atoms with Gasteiger partial charge in [-0.15, -0.1) is 0 Å². The number of aromatic hydroxyl groups is 1. The summed E-state index contributed by atoms with van der Waals surface area (Å²) < 4.78 is 1.95. The zero-order valence-electron chi connectivity index (χ0n) is 6.04. The first-order chi connectivity index (χ1) is 5.68. The van der Waals surface area contributed by atoms with E-state index in [9.17, 15) is 5.11 Å². The standard InChI is InChI=1S/C8H6INOS/c9-7-5-2-1-4(10)3-6(5)12-8(7)11/h1-3,11H,10H2. The van der Waals surface area contributed by atoms with E-state index >= 15 is 0 Å². The van der Waals surface area contributed by atoms with Gasteiger partial charge in [-0.05, 0) is 34.7 Å². The lowest BCUT2D eigenvalue weighted by atomic mass is 10.2. The number of fused-ring (bicyclic) bond motifs is 1. The van der Waals surface area contributed by atoms with Crippen LogP contribution in [0.1, 0.15) is 0 Å². The number of benzene rings is 1. The molecule has 62 valence electrons. The molecule has 0 atom stereocenters. The maximum absolute atomic E-state index is 9.40. The number of thiophene rings is 1. The van der Waals surface area contributed by atoms with E-state index in [2.05, 4.69) is 22.6 Å². The quantitative estimate of drug-likeness (QED) is 0.579. The smallest absolute Gasteiger partial charge is 0.186 e. The normalized spacial score (nSPS) is 10.8. The molecule has 0 saturated heterocycles. The van der Waals surface area contributed by atoms with E-state index in [1.807, 2.05) is 18.2 Å². The molecule has 3 N–H and O–H groups in total. The van der Waals surface area contributed by atoms with Gasteiger partial charge in [-0.3, -0.25) is 0 Å². The highest BCUT2D eigenvalue weighted by atomic mass is 127. The summed E-state index contributed by atoms with van der Waals surface area (Å²) in [6, 6.07) is 5.65. The van der Waals surface area contributed by atoms with Crippen molar-refractivity contribution in [2.45, 2.75) is 0 Å². The van der Waals surface area contributed by atoms with E-state index in [0.29, 0.717) is 5.06 Å². The number of halogens is 1. The summed E-state index contributed by atoms with van der Waals surface area (Å²) in [7, 11) is 0.